The van der Waals surface area contributed by atoms with E-state index in [2.05, 4.69) is 0 Å². The maximum atomic E-state index is 13.3. The van der Waals surface area contributed by atoms with Crippen molar-refractivity contribution in [1.82, 2.24) is 0 Å². The Hall–Kier alpha value is -1.45. The van der Waals surface area contributed by atoms with E-state index < -0.39 is 0 Å². The summed E-state index contributed by atoms with van der Waals surface area (Å²) in [5.74, 6) is -0.291. The van der Waals surface area contributed by atoms with Gasteiger partial charge in [0.15, 0.2) is 0 Å². The van der Waals surface area contributed by atoms with Gasteiger partial charge in [-0.05, 0) is 37.3 Å². The number of benzene rings is 2. The van der Waals surface area contributed by atoms with E-state index in [1.54, 1.807) is 12.1 Å². The van der Waals surface area contributed by atoms with Crippen molar-refractivity contribution >= 4 is 28.9 Å². The Bertz CT molecular complexity index is 619. The molecule has 0 aliphatic heterocycles. The summed E-state index contributed by atoms with van der Waals surface area (Å²) in [5.41, 5.74) is 1.34. The minimum absolute atomic E-state index is 0.00548. The van der Waals surface area contributed by atoms with Crippen LogP contribution < -0.4 is 4.90 Å². The number of anilines is 1. The summed E-state index contributed by atoms with van der Waals surface area (Å²) in [5, 5.41) is 10.6. The maximum Gasteiger partial charge on any atom is 0.139 e. The van der Waals surface area contributed by atoms with Gasteiger partial charge in [0, 0.05) is 29.4 Å². The van der Waals surface area contributed by atoms with Crippen LogP contribution in [0.2, 0.25) is 10.0 Å². The zero-order valence-corrected chi connectivity index (χ0v) is 12.4. The standard InChI is InChI=1S/C15H14Cl2FNO/c1-2-19(13-5-3-4-12(18)8-13)9-10-6-11(16)7-14(17)15(10)20/h3-8,20H,2,9H2,1H3. The highest BCUT2D eigenvalue weighted by Gasteiger charge is 2.12. The molecular formula is C15H14Cl2FNO. The number of nitrogens with zero attached hydrogens (tertiary/aromatic N) is 1. The third-order valence-electron chi connectivity index (χ3n) is 3.02. The number of phenols is 1. The molecule has 0 heterocycles. The summed E-state index contributed by atoms with van der Waals surface area (Å²) in [6.07, 6.45) is 0. The molecule has 0 radical (unpaired) electrons. The van der Waals surface area contributed by atoms with Crippen molar-refractivity contribution in [2.24, 2.45) is 0 Å². The Morgan fingerprint density at radius 1 is 1.20 bits per heavy atom. The fourth-order valence-corrected chi connectivity index (χ4v) is 2.54. The maximum absolute atomic E-state index is 13.3. The Kier molecular flexibility index (Phi) is 4.73. The molecule has 1 N–H and O–H groups in total. The second-order valence-electron chi connectivity index (χ2n) is 4.39. The average Bonchev–Trinajstić information content (AvgIpc) is 2.41. The van der Waals surface area contributed by atoms with E-state index in [-0.39, 0.29) is 16.6 Å². The number of halogens is 3. The Morgan fingerprint density at radius 2 is 1.95 bits per heavy atom. The van der Waals surface area contributed by atoms with E-state index in [1.807, 2.05) is 17.9 Å². The van der Waals surface area contributed by atoms with Crippen molar-refractivity contribution in [3.63, 3.8) is 0 Å². The molecule has 2 rings (SSSR count). The third-order valence-corrected chi connectivity index (χ3v) is 3.53. The molecule has 20 heavy (non-hydrogen) atoms. The lowest BCUT2D eigenvalue weighted by molar-refractivity contribution is 0.467. The molecule has 0 aromatic heterocycles. The van der Waals surface area contributed by atoms with Gasteiger partial charge in [-0.25, -0.2) is 4.39 Å². The van der Waals surface area contributed by atoms with Crippen LogP contribution in [0.4, 0.5) is 10.1 Å². The van der Waals surface area contributed by atoms with Crippen LogP contribution in [0.5, 0.6) is 5.75 Å². The van der Waals surface area contributed by atoms with Crippen molar-refractivity contribution in [3.8, 4) is 5.75 Å². The van der Waals surface area contributed by atoms with Gasteiger partial charge in [-0.15, -0.1) is 0 Å². The highest BCUT2D eigenvalue weighted by molar-refractivity contribution is 6.35. The highest BCUT2D eigenvalue weighted by atomic mass is 35.5. The molecule has 0 aliphatic rings. The van der Waals surface area contributed by atoms with Gasteiger partial charge in [0.1, 0.15) is 11.6 Å². The summed E-state index contributed by atoms with van der Waals surface area (Å²) in [4.78, 5) is 1.92. The van der Waals surface area contributed by atoms with Gasteiger partial charge in [0.2, 0.25) is 0 Å². The first kappa shape index (κ1) is 14.9. The van der Waals surface area contributed by atoms with Gasteiger partial charge in [-0.1, -0.05) is 29.3 Å². The van der Waals surface area contributed by atoms with Gasteiger partial charge >= 0.3 is 0 Å². The summed E-state index contributed by atoms with van der Waals surface area (Å²) in [6, 6.07) is 9.46. The molecule has 0 unspecified atom stereocenters. The Labute approximate surface area is 127 Å². The first-order chi connectivity index (χ1) is 9.51. The molecule has 0 saturated carbocycles. The van der Waals surface area contributed by atoms with Crippen molar-refractivity contribution < 1.29 is 9.50 Å². The van der Waals surface area contributed by atoms with Gasteiger partial charge in [-0.3, -0.25) is 0 Å². The highest BCUT2D eigenvalue weighted by Crippen LogP contribution is 2.32. The summed E-state index contributed by atoms with van der Waals surface area (Å²) >= 11 is 11.8. The number of hydrogen-bond acceptors (Lipinski definition) is 2. The molecule has 0 spiro atoms. The Morgan fingerprint density at radius 3 is 2.60 bits per heavy atom. The first-order valence-electron chi connectivity index (χ1n) is 6.18. The predicted molar refractivity (Wildman–Crippen MR) is 81.3 cm³/mol. The molecule has 0 amide bonds. The van der Waals surface area contributed by atoms with Gasteiger partial charge in [-0.2, -0.15) is 0 Å². The smallest absolute Gasteiger partial charge is 0.139 e. The normalized spacial score (nSPS) is 10.6. The lowest BCUT2D eigenvalue weighted by atomic mass is 10.1. The molecule has 106 valence electrons. The number of phenolic OH excluding ortho intramolecular Hbond substituents is 1. The molecule has 0 saturated heterocycles. The van der Waals surface area contributed by atoms with Crippen molar-refractivity contribution in [2.45, 2.75) is 13.5 Å². The van der Waals surface area contributed by atoms with Crippen molar-refractivity contribution in [2.75, 3.05) is 11.4 Å². The van der Waals surface area contributed by atoms with Crippen molar-refractivity contribution in [3.05, 3.63) is 57.8 Å². The van der Waals surface area contributed by atoms with E-state index in [0.29, 0.717) is 23.7 Å². The summed E-state index contributed by atoms with van der Waals surface area (Å²) in [7, 11) is 0. The molecule has 2 aromatic carbocycles. The molecule has 0 bridgehead atoms. The lowest BCUT2D eigenvalue weighted by Crippen LogP contribution is -2.22. The van der Waals surface area contributed by atoms with Crippen LogP contribution in [-0.2, 0) is 6.54 Å². The summed E-state index contributed by atoms with van der Waals surface area (Å²) in [6.45, 7) is 3.01. The topological polar surface area (TPSA) is 23.5 Å². The zero-order valence-electron chi connectivity index (χ0n) is 10.9. The third kappa shape index (κ3) is 3.35. The molecule has 0 atom stereocenters. The average molecular weight is 314 g/mol. The van der Waals surface area contributed by atoms with E-state index in [1.165, 1.54) is 18.2 Å². The Balaban J connectivity index is 2.31. The largest absolute Gasteiger partial charge is 0.506 e. The van der Waals surface area contributed by atoms with Crippen LogP contribution in [0.1, 0.15) is 12.5 Å². The number of rotatable bonds is 4. The molecule has 2 aromatic rings. The summed E-state index contributed by atoms with van der Waals surface area (Å²) < 4.78 is 13.3. The number of aromatic hydroxyl groups is 1. The molecule has 2 nitrogen and oxygen atoms in total. The molecular weight excluding hydrogens is 300 g/mol. The van der Waals surface area contributed by atoms with Gasteiger partial charge in [0.05, 0.1) is 5.02 Å². The molecule has 5 heteroatoms. The first-order valence-corrected chi connectivity index (χ1v) is 6.94. The van der Waals surface area contributed by atoms with E-state index >= 15 is 0 Å². The molecule has 0 aliphatic carbocycles. The van der Waals surface area contributed by atoms with Crippen LogP contribution in [-0.4, -0.2) is 11.7 Å². The van der Waals surface area contributed by atoms with Crippen molar-refractivity contribution in [1.29, 1.82) is 0 Å². The van der Waals surface area contributed by atoms with Crippen LogP contribution in [0.25, 0.3) is 0 Å². The van der Waals surface area contributed by atoms with E-state index in [0.717, 1.165) is 5.69 Å². The predicted octanol–water partition coefficient (Wildman–Crippen LogP) is 4.86. The minimum Gasteiger partial charge on any atom is -0.506 e. The van der Waals surface area contributed by atoms with Crippen LogP contribution >= 0.6 is 23.2 Å². The monoisotopic (exact) mass is 313 g/mol. The second kappa shape index (κ2) is 6.33. The van der Waals surface area contributed by atoms with Crippen LogP contribution in [0.15, 0.2) is 36.4 Å². The second-order valence-corrected chi connectivity index (χ2v) is 5.23. The van der Waals surface area contributed by atoms with Crippen LogP contribution in [0, 0.1) is 5.82 Å². The minimum atomic E-state index is -0.297. The number of hydrogen-bond donors (Lipinski definition) is 1. The lowest BCUT2D eigenvalue weighted by Gasteiger charge is -2.24. The zero-order chi connectivity index (χ0) is 14.7. The van der Waals surface area contributed by atoms with Gasteiger partial charge in [0.25, 0.3) is 0 Å². The van der Waals surface area contributed by atoms with Gasteiger partial charge < -0.3 is 10.0 Å². The van der Waals surface area contributed by atoms with E-state index in [9.17, 15) is 9.50 Å². The quantitative estimate of drug-likeness (QED) is 0.871. The van der Waals surface area contributed by atoms with Crippen LogP contribution in [0.3, 0.4) is 0 Å². The SMILES string of the molecule is CCN(Cc1cc(Cl)cc(Cl)c1O)c1cccc(F)c1. The fourth-order valence-electron chi connectivity index (χ4n) is 2.00. The fraction of sp³-hybridized carbons (Fsp3) is 0.200. The van der Waals surface area contributed by atoms with E-state index in [4.69, 9.17) is 23.2 Å². The molecule has 0 fully saturated rings.